The zero-order chi connectivity index (χ0) is 17.6. The van der Waals surface area contributed by atoms with E-state index in [-0.39, 0.29) is 4.90 Å². The number of para-hydroxylation sites is 2. The Labute approximate surface area is 140 Å². The smallest absolute Gasteiger partial charge is 0.240 e. The third-order valence-corrected chi connectivity index (χ3v) is 4.11. The van der Waals surface area contributed by atoms with Crippen molar-refractivity contribution < 1.29 is 17.9 Å². The van der Waals surface area contributed by atoms with Crippen molar-refractivity contribution in [3.05, 3.63) is 66.4 Å². The number of carbonyl (C=O) groups excluding carboxylic acids is 1. The van der Waals surface area contributed by atoms with Gasteiger partial charge in [0.2, 0.25) is 10.0 Å². The van der Waals surface area contributed by atoms with Crippen molar-refractivity contribution in [2.24, 2.45) is 5.14 Å². The molecule has 0 atom stereocenters. The zero-order valence-electron chi connectivity index (χ0n) is 12.9. The Kier molecular flexibility index (Phi) is 5.62. The maximum absolute atomic E-state index is 11.2. The molecule has 2 N–H and O–H groups in total. The van der Waals surface area contributed by atoms with E-state index in [9.17, 15) is 13.2 Å². The van der Waals surface area contributed by atoms with Crippen molar-refractivity contribution in [1.82, 2.24) is 4.98 Å². The van der Waals surface area contributed by atoms with Gasteiger partial charge in [-0.25, -0.2) is 13.6 Å². The SMILES string of the molecule is COc1ccccc1C=O.NS(=O)(=O)c1cccc2cccnc12. The first-order valence-electron chi connectivity index (χ1n) is 6.92. The number of hydrogen-bond acceptors (Lipinski definition) is 5. The molecule has 1 heterocycles. The van der Waals surface area contributed by atoms with Crippen LogP contribution in [0.3, 0.4) is 0 Å². The number of aromatic nitrogens is 1. The number of aldehydes is 1. The molecule has 0 amide bonds. The Balaban J connectivity index is 0.000000185. The molecule has 3 rings (SSSR count). The molecule has 24 heavy (non-hydrogen) atoms. The summed E-state index contributed by atoms with van der Waals surface area (Å²) in [5.74, 6) is 0.623. The van der Waals surface area contributed by atoms with E-state index in [1.165, 1.54) is 12.3 Å². The third kappa shape index (κ3) is 4.15. The van der Waals surface area contributed by atoms with Gasteiger partial charge in [-0.2, -0.15) is 0 Å². The minimum atomic E-state index is -3.69. The van der Waals surface area contributed by atoms with E-state index in [0.29, 0.717) is 16.8 Å². The standard InChI is InChI=1S/C9H8N2O2S.C8H8O2/c10-14(12,13)8-5-1-3-7-4-2-6-11-9(7)8;1-10-8-5-3-2-4-7(8)6-9/h1-6H,(H2,10,12,13);2-6H,1H3. The van der Waals surface area contributed by atoms with E-state index in [0.717, 1.165) is 11.7 Å². The summed E-state index contributed by atoms with van der Waals surface area (Å²) in [5, 5.41) is 5.82. The molecule has 0 aliphatic rings. The van der Waals surface area contributed by atoms with E-state index in [4.69, 9.17) is 9.88 Å². The molecule has 0 radical (unpaired) electrons. The maximum atomic E-state index is 11.2. The number of methoxy groups -OCH3 is 1. The fourth-order valence-electron chi connectivity index (χ4n) is 2.07. The quantitative estimate of drug-likeness (QED) is 0.736. The van der Waals surface area contributed by atoms with Crippen molar-refractivity contribution in [2.45, 2.75) is 4.90 Å². The van der Waals surface area contributed by atoms with Crippen molar-refractivity contribution >= 4 is 27.2 Å². The van der Waals surface area contributed by atoms with Crippen LogP contribution in [0, 0.1) is 0 Å². The van der Waals surface area contributed by atoms with Crippen molar-refractivity contribution in [2.75, 3.05) is 7.11 Å². The van der Waals surface area contributed by atoms with Crippen LogP contribution in [-0.4, -0.2) is 26.8 Å². The number of rotatable bonds is 3. The highest BCUT2D eigenvalue weighted by Crippen LogP contribution is 2.18. The van der Waals surface area contributed by atoms with E-state index in [1.807, 2.05) is 6.07 Å². The second-order valence-electron chi connectivity index (χ2n) is 4.74. The highest BCUT2D eigenvalue weighted by atomic mass is 32.2. The summed E-state index contributed by atoms with van der Waals surface area (Å²) < 4.78 is 27.3. The van der Waals surface area contributed by atoms with Gasteiger partial charge in [-0.15, -0.1) is 0 Å². The first kappa shape index (κ1) is 17.6. The average molecular weight is 344 g/mol. The van der Waals surface area contributed by atoms with E-state index in [2.05, 4.69) is 4.98 Å². The lowest BCUT2D eigenvalue weighted by Gasteiger charge is -2.01. The van der Waals surface area contributed by atoms with Crippen LogP contribution in [0.5, 0.6) is 5.75 Å². The lowest BCUT2D eigenvalue weighted by atomic mass is 10.2. The summed E-state index contributed by atoms with van der Waals surface area (Å²) in [6.45, 7) is 0. The topological polar surface area (TPSA) is 99.4 Å². The second kappa shape index (κ2) is 7.67. The molecule has 0 spiro atoms. The predicted octanol–water partition coefficient (Wildman–Crippen LogP) is 2.39. The molecule has 0 bridgehead atoms. The Morgan fingerprint density at radius 1 is 1.04 bits per heavy atom. The van der Waals surface area contributed by atoms with Crippen LogP contribution in [0.2, 0.25) is 0 Å². The van der Waals surface area contributed by atoms with Gasteiger partial charge in [0.25, 0.3) is 0 Å². The van der Waals surface area contributed by atoms with Crippen LogP contribution < -0.4 is 9.88 Å². The number of pyridine rings is 1. The van der Waals surface area contributed by atoms with Crippen LogP contribution >= 0.6 is 0 Å². The van der Waals surface area contributed by atoms with Gasteiger partial charge in [-0.3, -0.25) is 9.78 Å². The monoisotopic (exact) mass is 344 g/mol. The molecule has 3 aromatic rings. The number of carbonyl (C=O) groups is 1. The summed E-state index contributed by atoms with van der Waals surface area (Å²) >= 11 is 0. The highest BCUT2D eigenvalue weighted by molar-refractivity contribution is 7.89. The molecule has 6 nitrogen and oxygen atoms in total. The summed E-state index contributed by atoms with van der Waals surface area (Å²) in [4.78, 5) is 14.4. The fraction of sp³-hybridized carbons (Fsp3) is 0.0588. The van der Waals surface area contributed by atoms with Crippen molar-refractivity contribution in [1.29, 1.82) is 0 Å². The number of sulfonamides is 1. The number of ether oxygens (including phenoxy) is 1. The van der Waals surface area contributed by atoms with Gasteiger partial charge in [-0.1, -0.05) is 30.3 Å². The molecule has 0 aliphatic heterocycles. The summed E-state index contributed by atoms with van der Waals surface area (Å²) in [7, 11) is -2.15. The van der Waals surface area contributed by atoms with E-state index < -0.39 is 10.0 Å². The summed E-state index contributed by atoms with van der Waals surface area (Å²) in [5.41, 5.74) is 1.00. The van der Waals surface area contributed by atoms with Crippen LogP contribution in [0.4, 0.5) is 0 Å². The number of fused-ring (bicyclic) bond motifs is 1. The van der Waals surface area contributed by atoms with Gasteiger partial charge in [0, 0.05) is 11.6 Å². The number of benzene rings is 2. The normalized spacial score (nSPS) is 10.6. The first-order valence-corrected chi connectivity index (χ1v) is 8.46. The largest absolute Gasteiger partial charge is 0.496 e. The van der Waals surface area contributed by atoms with Gasteiger partial charge >= 0.3 is 0 Å². The Morgan fingerprint density at radius 3 is 2.38 bits per heavy atom. The molecule has 0 fully saturated rings. The van der Waals surface area contributed by atoms with Gasteiger partial charge < -0.3 is 4.74 Å². The first-order chi connectivity index (χ1) is 11.5. The lowest BCUT2D eigenvalue weighted by molar-refractivity contribution is 0.112. The van der Waals surface area contributed by atoms with Gasteiger partial charge in [-0.05, 0) is 24.3 Å². The van der Waals surface area contributed by atoms with Gasteiger partial charge in [0.1, 0.15) is 10.6 Å². The number of nitrogens with two attached hydrogens (primary N) is 1. The zero-order valence-corrected chi connectivity index (χ0v) is 13.7. The minimum Gasteiger partial charge on any atom is -0.496 e. The fourth-order valence-corrected chi connectivity index (χ4v) is 2.78. The second-order valence-corrected chi connectivity index (χ2v) is 6.27. The molecular weight excluding hydrogens is 328 g/mol. The van der Waals surface area contributed by atoms with E-state index >= 15 is 0 Å². The molecule has 1 aromatic heterocycles. The Morgan fingerprint density at radius 2 is 1.75 bits per heavy atom. The molecule has 0 aliphatic carbocycles. The number of nitrogens with zero attached hydrogens (tertiary/aromatic N) is 1. The van der Waals surface area contributed by atoms with Crippen LogP contribution in [0.1, 0.15) is 10.4 Å². The van der Waals surface area contributed by atoms with Crippen molar-refractivity contribution in [3.8, 4) is 5.75 Å². The molecule has 0 saturated carbocycles. The third-order valence-electron chi connectivity index (χ3n) is 3.17. The minimum absolute atomic E-state index is 0.0654. The summed E-state index contributed by atoms with van der Waals surface area (Å²) in [6, 6.07) is 15.5. The Bertz CT molecular complexity index is 950. The van der Waals surface area contributed by atoms with E-state index in [1.54, 1.807) is 49.6 Å². The summed E-state index contributed by atoms with van der Waals surface area (Å²) in [6.07, 6.45) is 2.32. The van der Waals surface area contributed by atoms with Crippen LogP contribution in [0.15, 0.2) is 65.7 Å². The predicted molar refractivity (Wildman–Crippen MR) is 91.5 cm³/mol. The number of primary sulfonamides is 1. The lowest BCUT2D eigenvalue weighted by Crippen LogP contribution is -2.12. The van der Waals surface area contributed by atoms with Crippen LogP contribution in [0.25, 0.3) is 10.9 Å². The molecule has 2 aromatic carbocycles. The average Bonchev–Trinajstić information content (AvgIpc) is 2.61. The van der Waals surface area contributed by atoms with Crippen LogP contribution in [-0.2, 0) is 10.0 Å². The molecule has 124 valence electrons. The Hall–Kier alpha value is -2.77. The van der Waals surface area contributed by atoms with Crippen molar-refractivity contribution in [3.63, 3.8) is 0 Å². The van der Waals surface area contributed by atoms with Gasteiger partial charge in [0.15, 0.2) is 6.29 Å². The number of hydrogen-bond donors (Lipinski definition) is 1. The molecular formula is C17H16N2O4S. The molecule has 7 heteroatoms. The molecule has 0 saturated heterocycles. The highest BCUT2D eigenvalue weighted by Gasteiger charge is 2.12. The molecule has 0 unspecified atom stereocenters. The van der Waals surface area contributed by atoms with Gasteiger partial charge in [0.05, 0.1) is 18.2 Å². The maximum Gasteiger partial charge on any atom is 0.240 e.